The van der Waals surface area contributed by atoms with E-state index in [9.17, 15) is 36.7 Å². The zero-order valence-corrected chi connectivity index (χ0v) is 31.2. The van der Waals surface area contributed by atoms with E-state index in [0.717, 1.165) is 12.8 Å². The molecule has 1 aliphatic heterocycles. The Hall–Kier alpha value is -4.56. The number of hydrogen-bond donors (Lipinski definition) is 3. The van der Waals surface area contributed by atoms with Crippen LogP contribution in [0.15, 0.2) is 83.8 Å². The maximum absolute atomic E-state index is 14.3. The van der Waals surface area contributed by atoms with Crippen molar-refractivity contribution < 1.29 is 41.4 Å². The highest BCUT2D eigenvalue weighted by molar-refractivity contribution is 7.89. The summed E-state index contributed by atoms with van der Waals surface area (Å²) >= 11 is 0. The lowest BCUT2D eigenvalue weighted by Crippen LogP contribution is -2.64. The van der Waals surface area contributed by atoms with E-state index in [1.54, 1.807) is 30.3 Å². The second-order valence-corrected chi connectivity index (χ2v) is 16.8. The number of halogens is 2. The highest BCUT2D eigenvalue weighted by Gasteiger charge is 2.48. The first-order valence-corrected chi connectivity index (χ1v) is 19.3. The molecule has 1 heterocycles. The summed E-state index contributed by atoms with van der Waals surface area (Å²) in [4.78, 5) is 40.6. The van der Waals surface area contributed by atoms with E-state index in [0.29, 0.717) is 30.4 Å². The van der Waals surface area contributed by atoms with Crippen LogP contribution in [-0.4, -0.2) is 85.2 Å². The van der Waals surface area contributed by atoms with Crippen molar-refractivity contribution >= 4 is 28.1 Å². The van der Waals surface area contributed by atoms with Crippen molar-refractivity contribution in [2.75, 3.05) is 20.2 Å². The topological polar surface area (TPSA) is 145 Å². The Bertz CT molecular complexity index is 1790. The molecule has 1 aliphatic carbocycles. The summed E-state index contributed by atoms with van der Waals surface area (Å²) in [5.74, 6) is -2.43. The summed E-state index contributed by atoms with van der Waals surface area (Å²) in [7, 11) is -2.85. The van der Waals surface area contributed by atoms with E-state index in [4.69, 9.17) is 4.74 Å². The van der Waals surface area contributed by atoms with E-state index in [1.807, 2.05) is 20.8 Å². The number of amides is 3. The van der Waals surface area contributed by atoms with Crippen LogP contribution in [0.5, 0.6) is 0 Å². The zero-order chi connectivity index (χ0) is 38.5. The predicted molar refractivity (Wildman–Crippen MR) is 195 cm³/mol. The number of benzene rings is 3. The minimum atomic E-state index is -4.02. The Morgan fingerprint density at radius 3 is 2.00 bits per heavy atom. The number of ether oxygens (including phenoxy) is 1. The summed E-state index contributed by atoms with van der Waals surface area (Å²) in [6, 6.07) is 16.3. The maximum Gasteiger partial charge on any atom is 0.407 e. The number of nitrogens with one attached hydrogen (secondary N) is 2. The molecule has 3 aromatic rings. The molecule has 3 amide bonds. The molecule has 286 valence electrons. The third kappa shape index (κ3) is 9.33. The molecular formula is C39H48F2N4O7S. The number of carbonyl (C=O) groups is 3. The van der Waals surface area contributed by atoms with Gasteiger partial charge < -0.3 is 25.4 Å². The number of nitrogens with zero attached hydrogens (tertiary/aromatic N) is 2. The molecule has 2 aliphatic rings. The molecule has 0 radical (unpaired) electrons. The lowest BCUT2D eigenvalue weighted by molar-refractivity contribution is -0.124. The fraction of sp³-hybridized carbons (Fsp3) is 0.462. The molecule has 0 spiro atoms. The van der Waals surface area contributed by atoms with Crippen molar-refractivity contribution in [2.45, 2.75) is 87.9 Å². The molecule has 11 nitrogen and oxygen atoms in total. The van der Waals surface area contributed by atoms with Crippen LogP contribution in [0.1, 0.15) is 69.9 Å². The van der Waals surface area contributed by atoms with Gasteiger partial charge in [0.15, 0.2) is 0 Å². The zero-order valence-electron chi connectivity index (χ0n) is 30.4. The Balaban J connectivity index is 1.42. The van der Waals surface area contributed by atoms with Gasteiger partial charge in [-0.05, 0) is 84.5 Å². The van der Waals surface area contributed by atoms with Crippen molar-refractivity contribution in [3.05, 3.63) is 102 Å². The van der Waals surface area contributed by atoms with Gasteiger partial charge in [-0.1, -0.05) is 69.7 Å². The number of sulfonamides is 1. The van der Waals surface area contributed by atoms with Crippen molar-refractivity contribution in [1.82, 2.24) is 19.8 Å². The quantitative estimate of drug-likeness (QED) is 0.207. The largest absolute Gasteiger partial charge is 0.465 e. The lowest BCUT2D eigenvalue weighted by Gasteiger charge is -2.50. The van der Waals surface area contributed by atoms with Crippen LogP contribution in [0.3, 0.4) is 0 Å². The average molecular weight is 755 g/mol. The smallest absolute Gasteiger partial charge is 0.407 e. The number of carbonyl (C=O) groups excluding carboxylic acids is 2. The number of piperazine rings is 1. The van der Waals surface area contributed by atoms with E-state index in [2.05, 4.69) is 10.6 Å². The Kier molecular flexibility index (Phi) is 12.4. The van der Waals surface area contributed by atoms with Crippen molar-refractivity contribution in [1.29, 1.82) is 0 Å². The van der Waals surface area contributed by atoms with Gasteiger partial charge in [0.1, 0.15) is 17.7 Å². The van der Waals surface area contributed by atoms with Crippen LogP contribution in [0, 0.1) is 23.0 Å². The Labute approximate surface area is 309 Å². The van der Waals surface area contributed by atoms with Crippen molar-refractivity contribution in [3.63, 3.8) is 0 Å². The van der Waals surface area contributed by atoms with Gasteiger partial charge in [0.25, 0.3) is 0 Å². The number of alkyl carbamates (subject to hydrolysis) is 1. The van der Waals surface area contributed by atoms with Crippen LogP contribution in [0.25, 0.3) is 0 Å². The van der Waals surface area contributed by atoms with Gasteiger partial charge in [0, 0.05) is 37.1 Å². The third-order valence-electron chi connectivity index (χ3n) is 10.5. The molecule has 3 N–H and O–H groups in total. The van der Waals surface area contributed by atoms with Gasteiger partial charge in [-0.15, -0.1) is 0 Å². The van der Waals surface area contributed by atoms with E-state index in [-0.39, 0.29) is 29.9 Å². The first-order valence-electron chi connectivity index (χ1n) is 17.8. The molecule has 2 fully saturated rings. The summed E-state index contributed by atoms with van der Waals surface area (Å²) in [5, 5.41) is 15.8. The lowest BCUT2D eigenvalue weighted by atomic mass is 9.83. The van der Waals surface area contributed by atoms with Gasteiger partial charge in [0.05, 0.1) is 12.0 Å². The summed E-state index contributed by atoms with van der Waals surface area (Å²) in [6.45, 7) is 5.74. The monoisotopic (exact) mass is 754 g/mol. The minimum absolute atomic E-state index is 0.000133. The average Bonchev–Trinajstić information content (AvgIpc) is 3.57. The first kappa shape index (κ1) is 39.6. The standard InChI is InChI=1S/C39H48F2N4O7S/c1-39(2,3)33-24-44(38(48)49)23-30(45(33)53(50,51)31-10-6-5-7-11-31)22-17-25-9-8-12-32(25)42-36(46)35(43-37(47)52-4)34(26-13-18-28(40)19-14-26)27-15-20-29(41)21-16-27/h5-7,10-11,13-16,18-21,25,30,32-35H,8-9,12,17,22-24H2,1-4H3,(H,42,46)(H,43,47)(H,48,49)/t25-,30?,32+,33?,35+/m1/s1. The number of rotatable bonds is 11. The molecule has 3 aromatic carbocycles. The van der Waals surface area contributed by atoms with Crippen LogP contribution < -0.4 is 10.6 Å². The van der Waals surface area contributed by atoms with Gasteiger partial charge in [-0.25, -0.2) is 26.8 Å². The highest BCUT2D eigenvalue weighted by atomic mass is 32.2. The number of carboxylic acid groups (broad SMARTS) is 1. The Morgan fingerprint density at radius 2 is 1.47 bits per heavy atom. The predicted octanol–water partition coefficient (Wildman–Crippen LogP) is 6.35. The van der Waals surface area contributed by atoms with Gasteiger partial charge in [0.2, 0.25) is 15.9 Å². The molecule has 2 unspecified atom stereocenters. The summed E-state index contributed by atoms with van der Waals surface area (Å²) in [6.07, 6.45) is 1.01. The number of methoxy groups -OCH3 is 1. The van der Waals surface area contributed by atoms with Crippen LogP contribution in [0.4, 0.5) is 18.4 Å². The van der Waals surface area contributed by atoms with Crippen LogP contribution in [-0.2, 0) is 19.6 Å². The Morgan fingerprint density at radius 1 is 0.887 bits per heavy atom. The van der Waals surface area contributed by atoms with Crippen molar-refractivity contribution in [3.8, 4) is 0 Å². The molecule has 0 aromatic heterocycles. The van der Waals surface area contributed by atoms with Gasteiger partial charge >= 0.3 is 12.2 Å². The van der Waals surface area contributed by atoms with Gasteiger partial charge in [-0.2, -0.15) is 4.31 Å². The minimum Gasteiger partial charge on any atom is -0.465 e. The fourth-order valence-corrected chi connectivity index (χ4v) is 9.74. The molecule has 1 saturated heterocycles. The van der Waals surface area contributed by atoms with E-state index in [1.165, 1.54) is 64.8 Å². The highest BCUT2D eigenvalue weighted by Crippen LogP contribution is 2.38. The van der Waals surface area contributed by atoms with Crippen LogP contribution in [0.2, 0.25) is 0 Å². The third-order valence-corrected chi connectivity index (χ3v) is 12.4. The number of hydrogen-bond acceptors (Lipinski definition) is 6. The summed E-state index contributed by atoms with van der Waals surface area (Å²) < 4.78 is 62.9. The molecule has 5 rings (SSSR count). The molecule has 53 heavy (non-hydrogen) atoms. The maximum atomic E-state index is 14.3. The van der Waals surface area contributed by atoms with Crippen molar-refractivity contribution in [2.24, 2.45) is 11.3 Å². The molecule has 5 atom stereocenters. The molecule has 1 saturated carbocycles. The second-order valence-electron chi connectivity index (χ2n) is 14.9. The van der Waals surface area contributed by atoms with Gasteiger partial charge in [-0.3, -0.25) is 4.79 Å². The first-order chi connectivity index (χ1) is 25.1. The van der Waals surface area contributed by atoms with E-state index < -0.39 is 69.2 Å². The van der Waals surface area contributed by atoms with Crippen LogP contribution >= 0.6 is 0 Å². The molecular weight excluding hydrogens is 707 g/mol. The van der Waals surface area contributed by atoms with E-state index >= 15 is 0 Å². The fourth-order valence-electron chi connectivity index (χ4n) is 7.72. The molecule has 14 heteroatoms. The SMILES string of the molecule is COC(=O)N[C@H](C(=O)N[C@H]1CCC[C@@H]1CCC1CN(C(=O)O)CC(C(C)(C)C)N1S(=O)(=O)c1ccccc1)C(c1ccc(F)cc1)c1ccc(F)cc1. The molecule has 0 bridgehead atoms. The second kappa shape index (κ2) is 16.6. The normalized spacial score (nSPS) is 21.6. The summed E-state index contributed by atoms with van der Waals surface area (Å²) in [5.41, 5.74) is 0.419.